The summed E-state index contributed by atoms with van der Waals surface area (Å²) in [5, 5.41) is 3.45. The van der Waals surface area contributed by atoms with Crippen LogP contribution in [0.3, 0.4) is 0 Å². The van der Waals surface area contributed by atoms with E-state index in [4.69, 9.17) is 4.42 Å². The van der Waals surface area contributed by atoms with Gasteiger partial charge in [0.05, 0.1) is 16.1 Å². The Morgan fingerprint density at radius 2 is 2.00 bits per heavy atom. The second-order valence-electron chi connectivity index (χ2n) is 6.08. The summed E-state index contributed by atoms with van der Waals surface area (Å²) in [6, 6.07) is 5.11. The van der Waals surface area contributed by atoms with E-state index in [0.29, 0.717) is 22.3 Å². The number of nitrogens with one attached hydrogen (secondary N) is 1. The van der Waals surface area contributed by atoms with Crippen LogP contribution in [0.4, 0.5) is 5.00 Å². The van der Waals surface area contributed by atoms with Gasteiger partial charge in [-0.1, -0.05) is 26.7 Å². The number of rotatable bonds is 8. The van der Waals surface area contributed by atoms with Crippen LogP contribution in [0.25, 0.3) is 0 Å². The van der Waals surface area contributed by atoms with Gasteiger partial charge in [0, 0.05) is 13.1 Å². The molecule has 0 aliphatic carbocycles. The lowest BCUT2D eigenvalue weighted by Crippen LogP contribution is -2.35. The third kappa shape index (κ3) is 4.72. The summed E-state index contributed by atoms with van der Waals surface area (Å²) in [5.74, 6) is 0.496. The smallest absolute Gasteiger partial charge is 0.291 e. The van der Waals surface area contributed by atoms with Crippen LogP contribution in [-0.4, -0.2) is 29.8 Å². The first-order chi connectivity index (χ1) is 12.0. The molecule has 0 saturated carbocycles. The molecule has 0 saturated heterocycles. The lowest BCUT2D eigenvalue weighted by Gasteiger charge is -2.25. The first kappa shape index (κ1) is 19.2. The molecule has 0 bridgehead atoms. The third-order valence-corrected chi connectivity index (χ3v) is 5.54. The van der Waals surface area contributed by atoms with Gasteiger partial charge in [0.2, 0.25) is 0 Å². The Morgan fingerprint density at radius 1 is 1.28 bits per heavy atom. The van der Waals surface area contributed by atoms with E-state index < -0.39 is 0 Å². The van der Waals surface area contributed by atoms with Gasteiger partial charge in [-0.05, 0) is 43.5 Å². The van der Waals surface area contributed by atoms with Gasteiger partial charge in [-0.15, -0.1) is 11.3 Å². The zero-order chi connectivity index (χ0) is 18.4. The Morgan fingerprint density at radius 3 is 2.56 bits per heavy atom. The Kier molecular flexibility index (Phi) is 6.82. The maximum Gasteiger partial charge on any atom is 0.291 e. The number of amides is 2. The normalized spacial score (nSPS) is 10.9. The minimum absolute atomic E-state index is 0.0374. The van der Waals surface area contributed by atoms with Gasteiger partial charge in [0.25, 0.3) is 11.8 Å². The van der Waals surface area contributed by atoms with Crippen molar-refractivity contribution >= 4 is 28.2 Å². The van der Waals surface area contributed by atoms with Gasteiger partial charge in [0.1, 0.15) is 0 Å². The van der Waals surface area contributed by atoms with Crippen LogP contribution in [0, 0.1) is 12.8 Å². The monoisotopic (exact) mass is 362 g/mol. The SMILES string of the molecule is CCC(CC)CN(CC)C(=O)c1sc(NC(=O)c2ccco2)cc1C. The number of aryl methyl sites for hydroxylation is 1. The van der Waals surface area contributed by atoms with Gasteiger partial charge >= 0.3 is 0 Å². The zero-order valence-electron chi connectivity index (χ0n) is 15.3. The lowest BCUT2D eigenvalue weighted by atomic mass is 10.0. The molecule has 6 heteroatoms. The number of furan rings is 1. The Labute approximate surface area is 153 Å². The summed E-state index contributed by atoms with van der Waals surface area (Å²) in [5.41, 5.74) is 0.882. The molecular formula is C19H26N2O3S. The highest BCUT2D eigenvalue weighted by Crippen LogP contribution is 2.29. The highest BCUT2D eigenvalue weighted by atomic mass is 32.1. The molecule has 0 aromatic carbocycles. The first-order valence-corrected chi connectivity index (χ1v) is 9.56. The summed E-state index contributed by atoms with van der Waals surface area (Å²) in [6.45, 7) is 9.67. The van der Waals surface area contributed by atoms with Gasteiger partial charge in [0.15, 0.2) is 5.76 Å². The van der Waals surface area contributed by atoms with Crippen molar-refractivity contribution in [3.63, 3.8) is 0 Å². The average Bonchev–Trinajstić information content (AvgIpc) is 3.25. The van der Waals surface area contributed by atoms with E-state index in [0.717, 1.165) is 24.9 Å². The molecule has 136 valence electrons. The molecule has 5 nitrogen and oxygen atoms in total. The quantitative estimate of drug-likeness (QED) is 0.733. The average molecular weight is 362 g/mol. The van der Waals surface area contributed by atoms with Crippen molar-refractivity contribution in [3.8, 4) is 0 Å². The van der Waals surface area contributed by atoms with E-state index in [2.05, 4.69) is 19.2 Å². The minimum Gasteiger partial charge on any atom is -0.459 e. The van der Waals surface area contributed by atoms with E-state index in [1.807, 2.05) is 24.8 Å². The summed E-state index contributed by atoms with van der Waals surface area (Å²) >= 11 is 1.31. The Bertz CT molecular complexity index is 702. The topological polar surface area (TPSA) is 62.6 Å². The molecule has 0 aliphatic heterocycles. The summed E-state index contributed by atoms with van der Waals surface area (Å²) in [4.78, 5) is 27.6. The molecule has 25 heavy (non-hydrogen) atoms. The summed E-state index contributed by atoms with van der Waals surface area (Å²) in [6.07, 6.45) is 3.59. The summed E-state index contributed by atoms with van der Waals surface area (Å²) < 4.78 is 5.09. The van der Waals surface area contributed by atoms with Crippen molar-refractivity contribution in [1.29, 1.82) is 0 Å². The molecule has 2 aromatic heterocycles. The van der Waals surface area contributed by atoms with Gasteiger partial charge < -0.3 is 14.6 Å². The van der Waals surface area contributed by atoms with Crippen molar-refractivity contribution < 1.29 is 14.0 Å². The molecule has 0 spiro atoms. The van der Waals surface area contributed by atoms with Crippen molar-refractivity contribution in [2.45, 2.75) is 40.5 Å². The van der Waals surface area contributed by atoms with Crippen molar-refractivity contribution in [2.75, 3.05) is 18.4 Å². The molecular weight excluding hydrogens is 336 g/mol. The second kappa shape index (κ2) is 8.85. The fraction of sp³-hybridized carbons (Fsp3) is 0.474. The first-order valence-electron chi connectivity index (χ1n) is 8.74. The third-order valence-electron chi connectivity index (χ3n) is 4.40. The lowest BCUT2D eigenvalue weighted by molar-refractivity contribution is 0.0739. The predicted molar refractivity (Wildman–Crippen MR) is 101 cm³/mol. The van der Waals surface area contributed by atoms with Gasteiger partial charge in [-0.25, -0.2) is 0 Å². The van der Waals surface area contributed by atoms with E-state index in [-0.39, 0.29) is 17.6 Å². The number of carbonyl (C=O) groups is 2. The standard InChI is InChI=1S/C19H26N2O3S/c1-5-14(6-2)12-21(7-3)19(23)17-13(4)11-16(25-17)20-18(22)15-9-8-10-24-15/h8-11,14H,5-7,12H2,1-4H3,(H,20,22). The van der Waals surface area contributed by atoms with Crippen LogP contribution in [0.2, 0.25) is 0 Å². The molecule has 1 N–H and O–H groups in total. The molecule has 2 amide bonds. The van der Waals surface area contributed by atoms with Crippen molar-refractivity contribution in [2.24, 2.45) is 5.92 Å². The van der Waals surface area contributed by atoms with Crippen LogP contribution in [0.15, 0.2) is 28.9 Å². The van der Waals surface area contributed by atoms with Crippen LogP contribution < -0.4 is 5.32 Å². The maximum atomic E-state index is 12.9. The molecule has 2 heterocycles. The van der Waals surface area contributed by atoms with E-state index >= 15 is 0 Å². The van der Waals surface area contributed by atoms with E-state index in [1.54, 1.807) is 12.1 Å². The summed E-state index contributed by atoms with van der Waals surface area (Å²) in [7, 11) is 0. The molecule has 2 aromatic rings. The second-order valence-corrected chi connectivity index (χ2v) is 7.13. The predicted octanol–water partition coefficient (Wildman–Crippen LogP) is 4.80. The number of carbonyl (C=O) groups excluding carboxylic acids is 2. The van der Waals surface area contributed by atoms with E-state index in [9.17, 15) is 9.59 Å². The van der Waals surface area contributed by atoms with Crippen LogP contribution >= 0.6 is 11.3 Å². The number of hydrogen-bond donors (Lipinski definition) is 1. The fourth-order valence-electron chi connectivity index (χ4n) is 2.70. The molecule has 0 unspecified atom stereocenters. The number of thiophene rings is 1. The Hall–Kier alpha value is -2.08. The van der Waals surface area contributed by atoms with Crippen LogP contribution in [0.5, 0.6) is 0 Å². The molecule has 0 aliphatic rings. The molecule has 0 radical (unpaired) electrons. The fourth-order valence-corrected chi connectivity index (χ4v) is 3.73. The van der Waals surface area contributed by atoms with E-state index in [1.165, 1.54) is 17.6 Å². The van der Waals surface area contributed by atoms with Gasteiger partial charge in [-0.3, -0.25) is 9.59 Å². The molecule has 2 rings (SSSR count). The highest BCUT2D eigenvalue weighted by molar-refractivity contribution is 7.18. The molecule has 0 atom stereocenters. The Balaban J connectivity index is 2.12. The largest absolute Gasteiger partial charge is 0.459 e. The molecule has 0 fully saturated rings. The minimum atomic E-state index is -0.311. The number of hydrogen-bond acceptors (Lipinski definition) is 4. The van der Waals surface area contributed by atoms with Crippen LogP contribution in [0.1, 0.15) is 59.4 Å². The number of nitrogens with zero attached hydrogens (tertiary/aromatic N) is 1. The van der Waals surface area contributed by atoms with Crippen molar-refractivity contribution in [1.82, 2.24) is 4.90 Å². The zero-order valence-corrected chi connectivity index (χ0v) is 16.1. The van der Waals surface area contributed by atoms with Crippen LogP contribution in [-0.2, 0) is 0 Å². The van der Waals surface area contributed by atoms with Crippen molar-refractivity contribution in [3.05, 3.63) is 40.7 Å². The maximum absolute atomic E-state index is 12.9. The van der Waals surface area contributed by atoms with Gasteiger partial charge in [-0.2, -0.15) is 0 Å². The number of anilines is 1. The highest BCUT2D eigenvalue weighted by Gasteiger charge is 2.22.